The van der Waals surface area contributed by atoms with E-state index in [1.807, 2.05) is 6.07 Å². The van der Waals surface area contributed by atoms with Crippen LogP contribution in [0.5, 0.6) is 0 Å². The van der Waals surface area contributed by atoms with E-state index in [2.05, 4.69) is 4.98 Å². The molecule has 2 aromatic rings. The summed E-state index contributed by atoms with van der Waals surface area (Å²) < 4.78 is 1.42. The summed E-state index contributed by atoms with van der Waals surface area (Å²) in [6.45, 7) is 0.130. The number of aromatic nitrogens is 2. The van der Waals surface area contributed by atoms with E-state index in [4.69, 9.17) is 16.3 Å². The average Bonchev–Trinajstić information content (AvgIpc) is 2.82. The number of nitrogen functional groups attached to an aromatic ring is 1. The van der Waals surface area contributed by atoms with E-state index in [0.717, 1.165) is 0 Å². The first-order valence-electron chi connectivity index (χ1n) is 5.45. The van der Waals surface area contributed by atoms with Crippen molar-refractivity contribution in [3.05, 3.63) is 51.6 Å². The van der Waals surface area contributed by atoms with Crippen molar-refractivity contribution in [1.82, 2.24) is 9.55 Å². The minimum atomic E-state index is -0.571. The molecule has 1 heterocycles. The fraction of sp³-hybridized carbons (Fsp3) is 0.0833. The van der Waals surface area contributed by atoms with E-state index in [9.17, 15) is 10.1 Å². The van der Waals surface area contributed by atoms with E-state index < -0.39 is 4.92 Å². The van der Waals surface area contributed by atoms with E-state index in [0.29, 0.717) is 5.56 Å². The lowest BCUT2D eigenvalue weighted by atomic mass is 10.1. The number of nitro groups is 1. The van der Waals surface area contributed by atoms with Crippen molar-refractivity contribution >= 4 is 11.4 Å². The highest BCUT2D eigenvalue weighted by atomic mass is 16.6. The third-order valence-corrected chi connectivity index (χ3v) is 2.76. The molecule has 1 aromatic heterocycles. The Morgan fingerprint density at radius 3 is 2.75 bits per heavy atom. The van der Waals surface area contributed by atoms with Gasteiger partial charge in [0, 0.05) is 11.6 Å². The third-order valence-electron chi connectivity index (χ3n) is 2.76. The lowest BCUT2D eigenvalue weighted by molar-refractivity contribution is -0.383. The van der Waals surface area contributed by atoms with Crippen molar-refractivity contribution in [2.45, 2.75) is 6.54 Å². The molecule has 0 unspecified atom stereocenters. The molecule has 0 atom stereocenters. The van der Waals surface area contributed by atoms with Gasteiger partial charge < -0.3 is 10.3 Å². The van der Waals surface area contributed by atoms with Crippen LogP contribution in [-0.4, -0.2) is 14.5 Å². The average molecular weight is 268 g/mol. The lowest BCUT2D eigenvalue weighted by Crippen LogP contribution is -2.06. The van der Waals surface area contributed by atoms with E-state index in [1.54, 1.807) is 12.1 Å². The first-order valence-corrected chi connectivity index (χ1v) is 5.45. The second-order valence-corrected chi connectivity index (χ2v) is 3.90. The molecule has 0 spiro atoms. The first kappa shape index (κ1) is 13.1. The number of nitro benzene ring substituents is 1. The van der Waals surface area contributed by atoms with Crippen molar-refractivity contribution in [2.24, 2.45) is 0 Å². The summed E-state index contributed by atoms with van der Waals surface area (Å²) in [5.41, 5.74) is 6.17. The van der Waals surface area contributed by atoms with Crippen LogP contribution in [0.15, 0.2) is 24.5 Å². The maximum Gasteiger partial charge on any atom is 0.292 e. The van der Waals surface area contributed by atoms with Gasteiger partial charge in [0.25, 0.3) is 5.69 Å². The van der Waals surface area contributed by atoms with Crippen LogP contribution < -0.4 is 5.73 Å². The van der Waals surface area contributed by atoms with Crippen molar-refractivity contribution in [3.63, 3.8) is 0 Å². The summed E-state index contributed by atoms with van der Waals surface area (Å²) in [7, 11) is 0. The molecule has 0 fully saturated rings. The summed E-state index contributed by atoms with van der Waals surface area (Å²) in [6, 6.07) is 8.12. The van der Waals surface area contributed by atoms with Crippen LogP contribution in [0.1, 0.15) is 17.0 Å². The number of nitrogens with two attached hydrogens (primary N) is 1. The molecule has 0 aliphatic heterocycles. The van der Waals surface area contributed by atoms with E-state index in [1.165, 1.54) is 23.0 Å². The number of imidazole rings is 1. The zero-order valence-electron chi connectivity index (χ0n) is 10.1. The Balaban J connectivity index is 2.44. The molecule has 2 N–H and O–H groups in total. The molecule has 0 saturated carbocycles. The quantitative estimate of drug-likeness (QED) is 0.504. The smallest absolute Gasteiger partial charge is 0.292 e. The minimum Gasteiger partial charge on any atom is -0.393 e. The number of anilines is 1. The molecular formula is C12H8N6O2. The van der Waals surface area contributed by atoms with Gasteiger partial charge in [-0.15, -0.1) is 0 Å². The van der Waals surface area contributed by atoms with Gasteiger partial charge in [-0.05, 0) is 0 Å². The molecule has 0 aliphatic rings. The van der Waals surface area contributed by atoms with Gasteiger partial charge in [-0.3, -0.25) is 10.1 Å². The van der Waals surface area contributed by atoms with Gasteiger partial charge in [-0.25, -0.2) is 4.98 Å². The predicted molar refractivity (Wildman–Crippen MR) is 68.3 cm³/mol. The first-order chi connectivity index (χ1) is 9.58. The van der Waals surface area contributed by atoms with Gasteiger partial charge in [0.1, 0.15) is 17.8 Å². The molecule has 0 amide bonds. The third kappa shape index (κ3) is 2.13. The fourth-order valence-corrected chi connectivity index (χ4v) is 1.78. The zero-order valence-corrected chi connectivity index (χ0v) is 10.1. The predicted octanol–water partition coefficient (Wildman–Crippen LogP) is 1.17. The van der Waals surface area contributed by atoms with Crippen LogP contribution in [0, 0.1) is 32.8 Å². The van der Waals surface area contributed by atoms with Crippen LogP contribution in [0.25, 0.3) is 0 Å². The van der Waals surface area contributed by atoms with Crippen LogP contribution >= 0.6 is 0 Å². The Hall–Kier alpha value is -3.39. The highest BCUT2D eigenvalue weighted by Gasteiger charge is 2.16. The number of hydrogen-bond acceptors (Lipinski definition) is 6. The minimum absolute atomic E-state index is 0.0107. The molecule has 1 aromatic carbocycles. The summed E-state index contributed by atoms with van der Waals surface area (Å²) in [5, 5.41) is 28.6. The Bertz CT molecular complexity index is 765. The Kier molecular flexibility index (Phi) is 3.32. The summed E-state index contributed by atoms with van der Waals surface area (Å²) >= 11 is 0. The number of para-hydroxylation sites is 1. The topological polar surface area (TPSA) is 135 Å². The van der Waals surface area contributed by atoms with Gasteiger partial charge in [0.15, 0.2) is 11.4 Å². The number of hydrogen-bond donors (Lipinski definition) is 1. The maximum atomic E-state index is 10.8. The van der Waals surface area contributed by atoms with Crippen LogP contribution in [0.2, 0.25) is 0 Å². The van der Waals surface area contributed by atoms with Crippen LogP contribution in [0.4, 0.5) is 11.4 Å². The molecular weight excluding hydrogens is 260 g/mol. The SMILES string of the molecule is N#Cc1ncn(Cc2cccc([N+](=O)[O-])c2N)c1C#N. The van der Waals surface area contributed by atoms with Crippen molar-refractivity contribution in [2.75, 3.05) is 5.73 Å². The van der Waals surface area contributed by atoms with Crippen LogP contribution in [0.3, 0.4) is 0 Å². The van der Waals surface area contributed by atoms with Crippen molar-refractivity contribution in [3.8, 4) is 12.1 Å². The molecule has 8 heteroatoms. The number of nitrogens with zero attached hydrogens (tertiary/aromatic N) is 5. The molecule has 20 heavy (non-hydrogen) atoms. The highest BCUT2D eigenvalue weighted by molar-refractivity contribution is 5.63. The van der Waals surface area contributed by atoms with Gasteiger partial charge in [-0.1, -0.05) is 12.1 Å². The molecule has 98 valence electrons. The van der Waals surface area contributed by atoms with Gasteiger partial charge >= 0.3 is 0 Å². The Labute approximate surface area is 113 Å². The molecule has 0 saturated heterocycles. The second kappa shape index (κ2) is 5.08. The van der Waals surface area contributed by atoms with Crippen molar-refractivity contribution in [1.29, 1.82) is 10.5 Å². The van der Waals surface area contributed by atoms with Gasteiger partial charge in [0.05, 0.1) is 17.8 Å². The van der Waals surface area contributed by atoms with E-state index >= 15 is 0 Å². The number of rotatable bonds is 3. The van der Waals surface area contributed by atoms with Crippen LogP contribution in [-0.2, 0) is 6.54 Å². The molecule has 2 rings (SSSR count). The Morgan fingerprint density at radius 2 is 2.15 bits per heavy atom. The summed E-state index contributed by atoms with van der Waals surface area (Å²) in [6.07, 6.45) is 1.33. The standard InChI is InChI=1S/C12H8N6O2/c13-4-9-11(5-14)17(7-16-9)6-8-2-1-3-10(12(8)15)18(19)20/h1-3,7H,6,15H2. The monoisotopic (exact) mass is 268 g/mol. The molecule has 0 radical (unpaired) electrons. The van der Waals surface area contributed by atoms with Crippen molar-refractivity contribution < 1.29 is 4.92 Å². The summed E-state index contributed by atoms with van der Waals surface area (Å²) in [4.78, 5) is 14.0. The zero-order chi connectivity index (χ0) is 14.7. The Morgan fingerprint density at radius 1 is 1.40 bits per heavy atom. The van der Waals surface area contributed by atoms with E-state index in [-0.39, 0.29) is 29.3 Å². The molecule has 8 nitrogen and oxygen atoms in total. The second-order valence-electron chi connectivity index (χ2n) is 3.90. The largest absolute Gasteiger partial charge is 0.393 e. The fourth-order valence-electron chi connectivity index (χ4n) is 1.78. The number of nitriles is 2. The highest BCUT2D eigenvalue weighted by Crippen LogP contribution is 2.25. The molecule has 0 aliphatic carbocycles. The van der Waals surface area contributed by atoms with Gasteiger partial charge in [0.2, 0.25) is 0 Å². The normalized spacial score (nSPS) is 9.70. The molecule has 0 bridgehead atoms. The lowest BCUT2D eigenvalue weighted by Gasteiger charge is -2.07. The van der Waals surface area contributed by atoms with Gasteiger partial charge in [-0.2, -0.15) is 10.5 Å². The maximum absolute atomic E-state index is 10.8. The number of benzene rings is 1. The summed E-state index contributed by atoms with van der Waals surface area (Å²) in [5.74, 6) is 0.